The standard InChI is InChI=1S/C26H19FN2O/c27-20-13-16-24-23(17-20)25(18-11-14-22(30)15-12-18)29(21-9-5-2-6-10-21)26(28-24)19-7-3-1-4-8-19/h1-17,25,30H. The van der Waals surface area contributed by atoms with Gasteiger partial charge in [-0.25, -0.2) is 9.38 Å². The molecule has 1 aliphatic rings. The summed E-state index contributed by atoms with van der Waals surface area (Å²) in [6.45, 7) is 0. The van der Waals surface area contributed by atoms with Gasteiger partial charge in [0.1, 0.15) is 17.4 Å². The van der Waals surface area contributed by atoms with E-state index >= 15 is 0 Å². The highest BCUT2D eigenvalue weighted by atomic mass is 19.1. The molecule has 0 spiro atoms. The lowest BCUT2D eigenvalue weighted by Crippen LogP contribution is -2.38. The summed E-state index contributed by atoms with van der Waals surface area (Å²) in [6, 6.07) is 31.4. The number of phenolic OH excluding ortho intramolecular Hbond substituents is 1. The molecule has 0 saturated carbocycles. The normalized spacial score (nSPS) is 15.4. The van der Waals surface area contributed by atoms with Gasteiger partial charge in [-0.3, -0.25) is 0 Å². The van der Waals surface area contributed by atoms with Gasteiger partial charge < -0.3 is 10.0 Å². The number of anilines is 1. The van der Waals surface area contributed by atoms with Crippen LogP contribution in [0.3, 0.4) is 0 Å². The van der Waals surface area contributed by atoms with Gasteiger partial charge in [-0.2, -0.15) is 0 Å². The number of aliphatic imine (C=N–C) groups is 1. The lowest BCUT2D eigenvalue weighted by molar-refractivity contribution is 0.475. The zero-order chi connectivity index (χ0) is 20.5. The van der Waals surface area contributed by atoms with Crippen LogP contribution in [-0.4, -0.2) is 10.9 Å². The summed E-state index contributed by atoms with van der Waals surface area (Å²) in [5.74, 6) is 0.681. The van der Waals surface area contributed by atoms with Gasteiger partial charge in [-0.1, -0.05) is 60.7 Å². The van der Waals surface area contributed by atoms with Crippen molar-refractivity contribution in [2.24, 2.45) is 4.99 Å². The number of benzene rings is 4. The Labute approximate surface area is 174 Å². The maximum atomic E-state index is 14.3. The summed E-state index contributed by atoms with van der Waals surface area (Å²) < 4.78 is 14.3. The van der Waals surface area contributed by atoms with Crippen molar-refractivity contribution in [3.63, 3.8) is 0 Å². The van der Waals surface area contributed by atoms with Crippen LogP contribution in [-0.2, 0) is 0 Å². The minimum absolute atomic E-state index is 0.192. The SMILES string of the molecule is Oc1ccc(C2c3cc(F)ccc3N=C(c3ccccc3)N2c2ccccc2)cc1. The fourth-order valence-electron chi connectivity index (χ4n) is 3.91. The number of aromatic hydroxyl groups is 1. The van der Waals surface area contributed by atoms with Crippen LogP contribution in [0.4, 0.5) is 15.8 Å². The fraction of sp³-hybridized carbons (Fsp3) is 0.0385. The van der Waals surface area contributed by atoms with Crippen molar-refractivity contribution in [1.29, 1.82) is 0 Å². The summed E-state index contributed by atoms with van der Waals surface area (Å²) in [5, 5.41) is 9.81. The van der Waals surface area contributed by atoms with Gasteiger partial charge in [0.25, 0.3) is 0 Å². The summed E-state index contributed by atoms with van der Waals surface area (Å²) in [7, 11) is 0. The third kappa shape index (κ3) is 3.22. The smallest absolute Gasteiger partial charge is 0.141 e. The Morgan fingerprint density at radius 2 is 1.43 bits per heavy atom. The average Bonchev–Trinajstić information content (AvgIpc) is 2.80. The number of nitrogens with zero attached hydrogens (tertiary/aromatic N) is 2. The number of rotatable bonds is 3. The van der Waals surface area contributed by atoms with Crippen LogP contribution in [0, 0.1) is 5.82 Å². The Hall–Kier alpha value is -3.92. The first kappa shape index (κ1) is 18.1. The van der Waals surface area contributed by atoms with Gasteiger partial charge in [0.05, 0.1) is 11.7 Å². The minimum atomic E-state index is -0.302. The first-order chi connectivity index (χ1) is 14.7. The molecule has 4 aromatic carbocycles. The van der Waals surface area contributed by atoms with Crippen LogP contribution in [0.1, 0.15) is 22.7 Å². The summed E-state index contributed by atoms with van der Waals surface area (Å²) >= 11 is 0. The number of amidine groups is 1. The number of halogens is 1. The molecule has 0 amide bonds. The summed E-state index contributed by atoms with van der Waals surface area (Å²) in [5.41, 5.74) is 4.38. The third-order valence-electron chi connectivity index (χ3n) is 5.27. The van der Waals surface area contributed by atoms with Gasteiger partial charge in [0.2, 0.25) is 0 Å². The van der Waals surface area contributed by atoms with E-state index in [1.54, 1.807) is 24.3 Å². The van der Waals surface area contributed by atoms with E-state index in [0.29, 0.717) is 0 Å². The van der Waals surface area contributed by atoms with E-state index in [9.17, 15) is 9.50 Å². The maximum absolute atomic E-state index is 14.3. The fourth-order valence-corrected chi connectivity index (χ4v) is 3.91. The zero-order valence-corrected chi connectivity index (χ0v) is 16.1. The number of hydrogen-bond acceptors (Lipinski definition) is 3. The Balaban J connectivity index is 1.80. The van der Waals surface area contributed by atoms with Gasteiger partial charge in [-0.15, -0.1) is 0 Å². The highest BCUT2D eigenvalue weighted by molar-refractivity contribution is 6.13. The van der Waals surface area contributed by atoms with Crippen LogP contribution in [0.5, 0.6) is 5.75 Å². The minimum Gasteiger partial charge on any atom is -0.508 e. The van der Waals surface area contributed by atoms with Crippen molar-refractivity contribution < 1.29 is 9.50 Å². The molecule has 30 heavy (non-hydrogen) atoms. The second-order valence-corrected chi connectivity index (χ2v) is 7.20. The molecule has 1 aliphatic heterocycles. The third-order valence-corrected chi connectivity index (χ3v) is 5.27. The van der Waals surface area contributed by atoms with Gasteiger partial charge >= 0.3 is 0 Å². The molecule has 0 aromatic heterocycles. The van der Waals surface area contributed by atoms with Crippen LogP contribution in [0.25, 0.3) is 0 Å². The van der Waals surface area contributed by atoms with Crippen LogP contribution >= 0.6 is 0 Å². The molecule has 0 aliphatic carbocycles. The second-order valence-electron chi connectivity index (χ2n) is 7.20. The van der Waals surface area contributed by atoms with Gasteiger partial charge in [0, 0.05) is 16.8 Å². The largest absolute Gasteiger partial charge is 0.508 e. The highest BCUT2D eigenvalue weighted by Gasteiger charge is 2.33. The quantitative estimate of drug-likeness (QED) is 0.448. The molecule has 5 rings (SSSR count). The maximum Gasteiger partial charge on any atom is 0.141 e. The molecule has 4 aromatic rings. The molecule has 4 heteroatoms. The van der Waals surface area contributed by atoms with Crippen molar-refractivity contribution >= 4 is 17.2 Å². The molecule has 0 bridgehead atoms. The Bertz CT molecular complexity index is 1210. The number of phenols is 1. The molecule has 1 unspecified atom stereocenters. The lowest BCUT2D eigenvalue weighted by Gasteiger charge is -2.39. The lowest BCUT2D eigenvalue weighted by atomic mass is 9.92. The van der Waals surface area contributed by atoms with E-state index < -0.39 is 0 Å². The first-order valence-corrected chi connectivity index (χ1v) is 9.77. The second kappa shape index (κ2) is 7.48. The van der Waals surface area contributed by atoms with E-state index in [1.807, 2.05) is 72.8 Å². The van der Waals surface area contributed by atoms with E-state index in [4.69, 9.17) is 4.99 Å². The van der Waals surface area contributed by atoms with Crippen molar-refractivity contribution in [1.82, 2.24) is 0 Å². The molecule has 1 heterocycles. The molecular weight excluding hydrogens is 375 g/mol. The topological polar surface area (TPSA) is 35.8 Å². The first-order valence-electron chi connectivity index (χ1n) is 9.77. The van der Waals surface area contributed by atoms with Crippen molar-refractivity contribution in [2.75, 3.05) is 4.90 Å². The van der Waals surface area contributed by atoms with E-state index in [0.717, 1.165) is 33.9 Å². The van der Waals surface area contributed by atoms with Crippen molar-refractivity contribution in [3.05, 3.63) is 126 Å². The van der Waals surface area contributed by atoms with Crippen LogP contribution < -0.4 is 4.90 Å². The monoisotopic (exact) mass is 394 g/mol. The van der Waals surface area contributed by atoms with Crippen LogP contribution in [0.2, 0.25) is 0 Å². The predicted octanol–water partition coefficient (Wildman–Crippen LogP) is 6.22. The van der Waals surface area contributed by atoms with Gasteiger partial charge in [0.15, 0.2) is 0 Å². The molecule has 0 fully saturated rings. The Morgan fingerprint density at radius 3 is 2.13 bits per heavy atom. The van der Waals surface area contributed by atoms with Crippen LogP contribution in [0.15, 0.2) is 108 Å². The molecule has 0 saturated heterocycles. The molecule has 146 valence electrons. The number of para-hydroxylation sites is 1. The average molecular weight is 394 g/mol. The van der Waals surface area contributed by atoms with Gasteiger partial charge in [-0.05, 0) is 48.0 Å². The number of fused-ring (bicyclic) bond motifs is 1. The summed E-state index contributed by atoms with van der Waals surface area (Å²) in [4.78, 5) is 7.06. The van der Waals surface area contributed by atoms with Crippen molar-refractivity contribution in [3.8, 4) is 5.75 Å². The molecule has 1 atom stereocenters. The Morgan fingerprint density at radius 1 is 0.767 bits per heavy atom. The molecule has 3 nitrogen and oxygen atoms in total. The van der Waals surface area contributed by atoms with E-state index in [1.165, 1.54) is 6.07 Å². The zero-order valence-electron chi connectivity index (χ0n) is 16.1. The molecular formula is C26H19FN2O. The summed E-state index contributed by atoms with van der Waals surface area (Å²) in [6.07, 6.45) is 0. The van der Waals surface area contributed by atoms with E-state index in [-0.39, 0.29) is 17.6 Å². The van der Waals surface area contributed by atoms with Crippen molar-refractivity contribution in [2.45, 2.75) is 6.04 Å². The highest BCUT2D eigenvalue weighted by Crippen LogP contribution is 2.43. The predicted molar refractivity (Wildman–Crippen MR) is 118 cm³/mol. The Kier molecular flexibility index (Phi) is 4.52. The molecule has 1 N–H and O–H groups in total. The number of hydrogen-bond donors (Lipinski definition) is 1. The van der Waals surface area contributed by atoms with E-state index in [2.05, 4.69) is 4.90 Å². The molecule has 0 radical (unpaired) electrons.